The van der Waals surface area contributed by atoms with Crippen LogP contribution in [0.2, 0.25) is 0 Å². The molecule has 0 radical (unpaired) electrons. The Morgan fingerprint density at radius 1 is 0.304 bits per heavy atom. The Labute approximate surface area is 841 Å². The zero-order valence-corrected chi connectivity index (χ0v) is 93.8. The van der Waals surface area contributed by atoms with E-state index in [0.29, 0.717) is 107 Å². The van der Waals surface area contributed by atoms with Crippen LogP contribution in [-0.2, 0) is 21.1 Å². The molecule has 14 heteroatoms. The Hall–Kier alpha value is -10.3. The zero-order chi connectivity index (χ0) is 102. The Balaban J connectivity index is 0.000000160. The molecule has 1 N–H and O–H groups in total. The molecule has 0 bridgehead atoms. The summed E-state index contributed by atoms with van der Waals surface area (Å²) in [5.41, 5.74) is 35.0. The monoisotopic (exact) mass is 1910 g/mol. The van der Waals surface area contributed by atoms with Crippen molar-refractivity contribution in [3.05, 3.63) is 288 Å². The van der Waals surface area contributed by atoms with Crippen LogP contribution in [0, 0.1) is 0 Å². The first kappa shape index (κ1) is 110. The van der Waals surface area contributed by atoms with Gasteiger partial charge in [-0.15, -0.1) is 22.7 Å². The molecule has 0 saturated heterocycles. The predicted molar refractivity (Wildman–Crippen MR) is 604 cm³/mol. The number of imidazole rings is 1. The molecule has 18 aromatic rings. The lowest BCUT2D eigenvalue weighted by Gasteiger charge is -2.16. The lowest BCUT2D eigenvalue weighted by Crippen LogP contribution is -2.25. The number of thiophene rings is 2. The van der Waals surface area contributed by atoms with Gasteiger partial charge in [-0.05, 0) is 379 Å². The van der Waals surface area contributed by atoms with Crippen molar-refractivity contribution < 1.29 is 17.9 Å². The first-order chi connectivity index (χ1) is 65.1. The number of nitrogens with one attached hydrogen (secondary N) is 1. The fourth-order valence-electron chi connectivity index (χ4n) is 18.8. The van der Waals surface area contributed by atoms with Crippen LogP contribution in [0.5, 0.6) is 0 Å². The third-order valence-electron chi connectivity index (χ3n) is 26.9. The van der Waals surface area contributed by atoms with Crippen LogP contribution in [0.1, 0.15) is 456 Å². The molecular weight excluding hydrogens is 1750 g/mol. The highest BCUT2D eigenvalue weighted by Crippen LogP contribution is 2.41. The van der Waals surface area contributed by atoms with Gasteiger partial charge in [0.15, 0.2) is 28.6 Å². The molecule has 9 aromatic carbocycles. The van der Waals surface area contributed by atoms with E-state index in [-0.39, 0.29) is 0 Å². The maximum absolute atomic E-state index is 5.44. The summed E-state index contributed by atoms with van der Waals surface area (Å²) in [5.74, 6) is 10.4. The molecule has 0 spiro atoms. The minimum atomic E-state index is 0.525. The van der Waals surface area contributed by atoms with Crippen LogP contribution in [0.4, 0.5) is 0 Å². The average molecular weight is 1910 g/mol. The number of aromatic nitrogens is 8. The average Bonchev–Trinajstić information content (AvgIpc) is 1.63. The van der Waals surface area contributed by atoms with Crippen LogP contribution in [0.25, 0.3) is 96.1 Å². The van der Waals surface area contributed by atoms with Crippen LogP contribution < -0.4 is 4.57 Å². The molecule has 0 fully saturated rings. The molecule has 0 atom stereocenters. The van der Waals surface area contributed by atoms with Crippen molar-refractivity contribution >= 4 is 130 Å². The summed E-state index contributed by atoms with van der Waals surface area (Å²) in [6.07, 6.45) is 13.1. The van der Waals surface area contributed by atoms with Crippen molar-refractivity contribution in [2.45, 2.75) is 356 Å². The fourth-order valence-corrected chi connectivity index (χ4v) is 21.1. The van der Waals surface area contributed by atoms with Gasteiger partial charge in [-0.3, -0.25) is 4.68 Å². The number of aryl methyl sites for hydroxylation is 3. The molecule has 0 aliphatic rings. The van der Waals surface area contributed by atoms with Gasteiger partial charge in [-0.1, -0.05) is 254 Å². The normalized spacial score (nSPS) is 11.9. The third kappa shape index (κ3) is 27.1. The van der Waals surface area contributed by atoms with Crippen molar-refractivity contribution in [2.24, 2.45) is 21.1 Å². The zero-order valence-electron chi connectivity index (χ0n) is 91.4. The number of furan rings is 1. The van der Waals surface area contributed by atoms with E-state index < -0.39 is 0 Å². The molecule has 9 heterocycles. The van der Waals surface area contributed by atoms with Crippen molar-refractivity contribution in [1.82, 2.24) is 33.8 Å². The number of rotatable bonds is 18. The van der Waals surface area contributed by atoms with Crippen molar-refractivity contribution in [3.8, 4) is 0 Å². The minimum Gasteiger partial charge on any atom is -0.464 e. The molecule has 138 heavy (non-hydrogen) atoms. The summed E-state index contributed by atoms with van der Waals surface area (Å²) in [4.78, 5) is 7.51. The van der Waals surface area contributed by atoms with Gasteiger partial charge in [0.05, 0.1) is 35.9 Å². The number of fused-ring (bicyclic) bond motifs is 9. The van der Waals surface area contributed by atoms with E-state index in [9.17, 15) is 0 Å². The van der Waals surface area contributed by atoms with E-state index in [1.165, 1.54) is 175 Å². The number of oxazole rings is 1. The standard InChI is InChI=1S/C15H21N.2C14H20N2.C14H18O.2C14H18S.2C13H17NO.C13H17NS/c1-10(2)13-8-12-6-7-16(5)15(12)9-14(13)11(3)4;1-9(2)11-6-13-14(16(5)8-15-13)7-12(11)10(3)4;1-9(2)12-6-11-8-15-16(5)14(11)7-13(12)10(3)4;3*1-9(2)12-7-11-5-6-15-14(11)8-13(12)10(3)4;1-8(2)10-5-12-13(15-7-14-12)6-11(10)9(3)4;2*1-8(2)11-5-10-7-14-15-13(10)6-12(11)9(3)4/h6-11H,1-5H3;2*6-10H,1-5H3;3*5-10H,1-4H3;3*5-9H,1-4H3/p+1. The van der Waals surface area contributed by atoms with Crippen molar-refractivity contribution in [3.63, 3.8) is 0 Å². The third-order valence-corrected chi connectivity index (χ3v) is 29.4. The maximum Gasteiger partial charge on any atom is 0.242 e. The molecule has 0 unspecified atom stereocenters. The topological polar surface area (TPSA) is 121 Å². The molecule has 0 saturated carbocycles. The van der Waals surface area contributed by atoms with Gasteiger partial charge in [-0.25, -0.2) is 14.5 Å². The summed E-state index contributed by atoms with van der Waals surface area (Å²) in [6.45, 7) is 81.1. The maximum atomic E-state index is 5.44. The SMILES string of the molecule is CC(C)c1cc2[nH]c[n+](C)c2cc1C(C)C.CC(C)c1cc2ccn(C)c2cc1C(C)C.CC(C)c1cc2ccoc2cc1C(C)C.CC(C)c1cc2ccsc2cc1C(C)C.CC(C)c1cc2ccsc2cc1C(C)C.CC(C)c1cc2cnn(C)c2cc1C(C)C.CC(C)c1cc2cnoc2cc1C(C)C.CC(C)c1cc2cnsc2cc1C(C)C.CC(C)c1cc2ncoc2cc1C(C)C. The summed E-state index contributed by atoms with van der Waals surface area (Å²) in [7, 11) is 6.20. The van der Waals surface area contributed by atoms with E-state index in [1.807, 2.05) is 59.2 Å². The second-order valence-electron chi connectivity index (χ2n) is 43.8. The number of aromatic amines is 1. The van der Waals surface area contributed by atoms with Crippen LogP contribution >= 0.6 is 34.2 Å². The smallest absolute Gasteiger partial charge is 0.242 e. The Bertz CT molecular complexity index is 5770. The van der Waals surface area contributed by atoms with E-state index in [1.54, 1.807) is 24.0 Å². The van der Waals surface area contributed by atoms with Crippen LogP contribution in [-0.4, -0.2) is 33.8 Å². The number of H-pyrrole nitrogens is 1. The van der Waals surface area contributed by atoms with E-state index >= 15 is 0 Å². The molecule has 738 valence electrons. The van der Waals surface area contributed by atoms with Gasteiger partial charge in [-0.2, -0.15) is 9.47 Å². The van der Waals surface area contributed by atoms with Gasteiger partial charge >= 0.3 is 0 Å². The molecule has 0 aliphatic carbocycles. The molecule has 18 rings (SSSR count). The number of nitrogens with zero attached hydrogens (tertiary/aromatic N) is 7. The van der Waals surface area contributed by atoms with Gasteiger partial charge < -0.3 is 17.9 Å². The highest BCUT2D eigenvalue weighted by molar-refractivity contribution is 7.17. The van der Waals surface area contributed by atoms with Gasteiger partial charge in [0.2, 0.25) is 6.33 Å². The predicted octanol–water partition coefficient (Wildman–Crippen LogP) is 39.2. The molecule has 0 amide bonds. The van der Waals surface area contributed by atoms with E-state index in [2.05, 4.69) is 441 Å². The Morgan fingerprint density at radius 2 is 0.659 bits per heavy atom. The molecule has 9 aromatic heterocycles. The lowest BCUT2D eigenvalue weighted by molar-refractivity contribution is -0.644. The molecular formula is C124H167N8O3S3+. The second kappa shape index (κ2) is 48.8. The highest BCUT2D eigenvalue weighted by Gasteiger charge is 2.23. The summed E-state index contributed by atoms with van der Waals surface area (Å²) in [5, 5.41) is 21.5. The van der Waals surface area contributed by atoms with Gasteiger partial charge in [0, 0.05) is 63.0 Å². The second-order valence-corrected chi connectivity index (χ2v) is 46.5. The van der Waals surface area contributed by atoms with E-state index in [0.717, 1.165) is 27.7 Å². The first-order valence-corrected chi connectivity index (χ1v) is 53.8. The first-order valence-electron chi connectivity index (χ1n) is 51.3. The number of hydrogen-bond donors (Lipinski definition) is 1. The van der Waals surface area contributed by atoms with Gasteiger partial charge in [0.1, 0.15) is 11.1 Å². The Morgan fingerprint density at radius 3 is 1.12 bits per heavy atom. The summed E-state index contributed by atoms with van der Waals surface area (Å²) < 4.78 is 30.7. The number of hydrogen-bond acceptors (Lipinski definition) is 10. The number of benzene rings is 9. The molecule has 11 nitrogen and oxygen atoms in total. The molecule has 0 aliphatic heterocycles. The highest BCUT2D eigenvalue weighted by atomic mass is 32.1. The minimum absolute atomic E-state index is 0.525. The van der Waals surface area contributed by atoms with Crippen molar-refractivity contribution in [2.75, 3.05) is 0 Å². The van der Waals surface area contributed by atoms with E-state index in [4.69, 9.17) is 13.4 Å². The summed E-state index contributed by atoms with van der Waals surface area (Å²) in [6, 6.07) is 49.8. The summed E-state index contributed by atoms with van der Waals surface area (Å²) >= 11 is 5.27. The fraction of sp³-hybridized carbons (Fsp3) is 0.460. The van der Waals surface area contributed by atoms with Crippen LogP contribution in [0.3, 0.4) is 0 Å². The quantitative estimate of drug-likeness (QED) is 0.0850. The van der Waals surface area contributed by atoms with Crippen molar-refractivity contribution in [1.29, 1.82) is 0 Å². The Kier molecular flexibility index (Phi) is 38.8. The van der Waals surface area contributed by atoms with Gasteiger partial charge in [0.25, 0.3) is 0 Å². The largest absolute Gasteiger partial charge is 0.464 e. The lowest BCUT2D eigenvalue weighted by atomic mass is 9.89. The van der Waals surface area contributed by atoms with Crippen LogP contribution in [0.15, 0.2) is 201 Å².